The van der Waals surface area contributed by atoms with Gasteiger partial charge in [0.2, 0.25) is 0 Å². The van der Waals surface area contributed by atoms with Gasteiger partial charge in [-0.05, 0) is 36.1 Å². The molecular weight excluding hydrogens is 376 g/mol. The fourth-order valence-electron chi connectivity index (χ4n) is 3.11. The van der Waals surface area contributed by atoms with Crippen molar-refractivity contribution >= 4 is 28.4 Å². The predicted molar refractivity (Wildman–Crippen MR) is 112 cm³/mol. The molecular formula is C22H23ClN2O3. The summed E-state index contributed by atoms with van der Waals surface area (Å²) in [4.78, 5) is 25.8. The SMILES string of the molecule is CC(C)CCn1c(=O)c(C(=O)NCc2ccccc2Cl)c(O)c2ccccc21. The Morgan fingerprint density at radius 1 is 1.14 bits per heavy atom. The first-order chi connectivity index (χ1) is 13.4. The van der Waals surface area contributed by atoms with E-state index >= 15 is 0 Å². The van der Waals surface area contributed by atoms with Gasteiger partial charge in [0, 0.05) is 23.5 Å². The first kappa shape index (κ1) is 20.0. The van der Waals surface area contributed by atoms with Crippen molar-refractivity contribution in [1.29, 1.82) is 0 Å². The number of pyridine rings is 1. The number of nitrogens with zero attached hydrogens (tertiary/aromatic N) is 1. The van der Waals surface area contributed by atoms with Gasteiger partial charge in [0.25, 0.3) is 11.5 Å². The second-order valence-electron chi connectivity index (χ2n) is 7.15. The van der Waals surface area contributed by atoms with E-state index in [1.54, 1.807) is 41.0 Å². The molecule has 3 aromatic rings. The van der Waals surface area contributed by atoms with Crippen molar-refractivity contribution < 1.29 is 9.90 Å². The highest BCUT2D eigenvalue weighted by Gasteiger charge is 2.22. The lowest BCUT2D eigenvalue weighted by Gasteiger charge is -2.16. The molecule has 0 aliphatic heterocycles. The summed E-state index contributed by atoms with van der Waals surface area (Å²) in [5, 5.41) is 14.4. The number of carbonyl (C=O) groups is 1. The van der Waals surface area contributed by atoms with E-state index in [0.29, 0.717) is 28.4 Å². The van der Waals surface area contributed by atoms with Gasteiger partial charge in [-0.2, -0.15) is 0 Å². The molecule has 146 valence electrons. The molecule has 3 rings (SSSR count). The number of aryl methyl sites for hydroxylation is 1. The largest absolute Gasteiger partial charge is 0.506 e. The van der Waals surface area contributed by atoms with Gasteiger partial charge in [-0.1, -0.05) is 55.8 Å². The third-order valence-electron chi connectivity index (χ3n) is 4.70. The van der Waals surface area contributed by atoms with Crippen molar-refractivity contribution in [3.8, 4) is 5.75 Å². The number of benzene rings is 2. The zero-order valence-corrected chi connectivity index (χ0v) is 16.7. The predicted octanol–water partition coefficient (Wildman–Crippen LogP) is 4.34. The minimum absolute atomic E-state index is 0.163. The standard InChI is InChI=1S/C22H23ClN2O3/c1-14(2)11-12-25-18-10-6-4-8-16(18)20(26)19(22(25)28)21(27)24-13-15-7-3-5-9-17(15)23/h3-10,14,26H,11-13H2,1-2H3,(H,24,27). The van der Waals surface area contributed by atoms with E-state index in [0.717, 1.165) is 12.0 Å². The number of rotatable bonds is 6. The Balaban J connectivity index is 2.01. The Hall–Kier alpha value is -2.79. The maximum absolute atomic E-state index is 13.1. The molecule has 0 atom stereocenters. The lowest BCUT2D eigenvalue weighted by molar-refractivity contribution is 0.0946. The zero-order valence-electron chi connectivity index (χ0n) is 15.9. The van der Waals surface area contributed by atoms with Gasteiger partial charge in [0.15, 0.2) is 0 Å². The maximum Gasteiger partial charge on any atom is 0.267 e. The molecule has 1 aromatic heterocycles. The van der Waals surface area contributed by atoms with Crippen LogP contribution in [0.4, 0.5) is 0 Å². The topological polar surface area (TPSA) is 71.3 Å². The smallest absolute Gasteiger partial charge is 0.267 e. The number of amides is 1. The van der Waals surface area contributed by atoms with E-state index in [2.05, 4.69) is 19.2 Å². The van der Waals surface area contributed by atoms with Gasteiger partial charge in [-0.15, -0.1) is 0 Å². The molecule has 0 aliphatic rings. The van der Waals surface area contributed by atoms with Crippen LogP contribution in [0.2, 0.25) is 5.02 Å². The Morgan fingerprint density at radius 3 is 2.54 bits per heavy atom. The fraction of sp³-hybridized carbons (Fsp3) is 0.273. The molecule has 28 heavy (non-hydrogen) atoms. The second kappa shape index (κ2) is 8.48. The van der Waals surface area contributed by atoms with Crippen LogP contribution in [0, 0.1) is 5.92 Å². The van der Waals surface area contributed by atoms with Crippen LogP contribution in [0.25, 0.3) is 10.9 Å². The third-order valence-corrected chi connectivity index (χ3v) is 5.07. The number of aromatic nitrogens is 1. The molecule has 0 saturated heterocycles. The Kier molecular flexibility index (Phi) is 6.05. The monoisotopic (exact) mass is 398 g/mol. The molecule has 0 radical (unpaired) electrons. The number of carbonyl (C=O) groups excluding carboxylic acids is 1. The normalized spacial score (nSPS) is 11.1. The van der Waals surface area contributed by atoms with E-state index in [1.165, 1.54) is 0 Å². The lowest BCUT2D eigenvalue weighted by Crippen LogP contribution is -2.33. The number of aromatic hydroxyl groups is 1. The number of hydrogen-bond donors (Lipinski definition) is 2. The maximum atomic E-state index is 13.1. The van der Waals surface area contributed by atoms with E-state index in [4.69, 9.17) is 11.6 Å². The van der Waals surface area contributed by atoms with Crippen LogP contribution in [-0.4, -0.2) is 15.6 Å². The molecule has 1 amide bonds. The van der Waals surface area contributed by atoms with Crippen LogP contribution >= 0.6 is 11.6 Å². The van der Waals surface area contributed by atoms with Crippen LogP contribution in [-0.2, 0) is 13.1 Å². The molecule has 0 saturated carbocycles. The molecule has 2 aromatic carbocycles. The van der Waals surface area contributed by atoms with E-state index in [1.807, 2.05) is 12.1 Å². The Labute approximate surface area is 168 Å². The molecule has 5 nitrogen and oxygen atoms in total. The zero-order chi connectivity index (χ0) is 20.3. The number of fused-ring (bicyclic) bond motifs is 1. The summed E-state index contributed by atoms with van der Waals surface area (Å²) in [6.07, 6.45) is 0.787. The highest BCUT2D eigenvalue weighted by Crippen LogP contribution is 2.26. The highest BCUT2D eigenvalue weighted by atomic mass is 35.5. The first-order valence-electron chi connectivity index (χ1n) is 9.26. The minimum Gasteiger partial charge on any atom is -0.506 e. The summed E-state index contributed by atoms with van der Waals surface area (Å²) >= 11 is 6.12. The Bertz CT molecular complexity index is 1070. The first-order valence-corrected chi connectivity index (χ1v) is 9.64. The van der Waals surface area contributed by atoms with Crippen molar-refractivity contribution in [2.75, 3.05) is 0 Å². The molecule has 2 N–H and O–H groups in total. The molecule has 0 fully saturated rings. The lowest BCUT2D eigenvalue weighted by atomic mass is 10.1. The molecule has 0 bridgehead atoms. The molecule has 0 aliphatic carbocycles. The number of halogens is 1. The van der Waals surface area contributed by atoms with Crippen molar-refractivity contribution in [3.05, 3.63) is 75.0 Å². The molecule has 0 unspecified atom stereocenters. The van der Waals surface area contributed by atoms with Crippen LogP contribution in [0.3, 0.4) is 0 Å². The van der Waals surface area contributed by atoms with Crippen molar-refractivity contribution in [2.24, 2.45) is 5.92 Å². The summed E-state index contributed by atoms with van der Waals surface area (Å²) in [7, 11) is 0. The Morgan fingerprint density at radius 2 is 1.82 bits per heavy atom. The third kappa shape index (κ3) is 4.04. The average molecular weight is 399 g/mol. The van der Waals surface area contributed by atoms with Crippen LogP contribution < -0.4 is 10.9 Å². The highest BCUT2D eigenvalue weighted by molar-refractivity contribution is 6.31. The summed E-state index contributed by atoms with van der Waals surface area (Å²) in [5.74, 6) is -0.513. The van der Waals surface area contributed by atoms with Crippen LogP contribution in [0.5, 0.6) is 5.75 Å². The van der Waals surface area contributed by atoms with Gasteiger partial charge < -0.3 is 15.0 Å². The van der Waals surface area contributed by atoms with Crippen molar-refractivity contribution in [3.63, 3.8) is 0 Å². The average Bonchev–Trinajstić information content (AvgIpc) is 2.67. The van der Waals surface area contributed by atoms with Crippen molar-refractivity contribution in [1.82, 2.24) is 9.88 Å². The van der Waals surface area contributed by atoms with E-state index in [-0.39, 0.29) is 17.9 Å². The fourth-order valence-corrected chi connectivity index (χ4v) is 3.31. The summed E-state index contributed by atoms with van der Waals surface area (Å²) < 4.78 is 1.57. The van der Waals surface area contributed by atoms with Gasteiger partial charge in [-0.25, -0.2) is 0 Å². The number of nitrogens with one attached hydrogen (secondary N) is 1. The van der Waals surface area contributed by atoms with Crippen LogP contribution in [0.15, 0.2) is 53.3 Å². The molecule has 6 heteroatoms. The summed E-state index contributed by atoms with van der Waals surface area (Å²) in [6, 6.07) is 14.2. The van der Waals surface area contributed by atoms with Crippen LogP contribution in [0.1, 0.15) is 36.2 Å². The number of para-hydroxylation sites is 1. The number of hydrogen-bond acceptors (Lipinski definition) is 3. The summed E-state index contributed by atoms with van der Waals surface area (Å²) in [6.45, 7) is 4.79. The van der Waals surface area contributed by atoms with Gasteiger partial charge >= 0.3 is 0 Å². The minimum atomic E-state index is -0.619. The summed E-state index contributed by atoms with van der Waals surface area (Å²) in [5.41, 5.74) is 0.620. The van der Waals surface area contributed by atoms with Gasteiger partial charge in [0.05, 0.1) is 5.52 Å². The van der Waals surface area contributed by atoms with Crippen molar-refractivity contribution in [2.45, 2.75) is 33.4 Å². The second-order valence-corrected chi connectivity index (χ2v) is 7.56. The van der Waals surface area contributed by atoms with E-state index < -0.39 is 11.5 Å². The van der Waals surface area contributed by atoms with Gasteiger partial charge in [0.1, 0.15) is 11.3 Å². The molecule has 0 spiro atoms. The molecule has 1 heterocycles. The van der Waals surface area contributed by atoms with E-state index in [9.17, 15) is 14.7 Å². The van der Waals surface area contributed by atoms with Gasteiger partial charge in [-0.3, -0.25) is 9.59 Å². The quantitative estimate of drug-likeness (QED) is 0.648.